The van der Waals surface area contributed by atoms with Crippen LogP contribution < -0.4 is 9.64 Å². The molecule has 3 aromatic rings. The summed E-state index contributed by atoms with van der Waals surface area (Å²) in [6.45, 7) is 1.14. The number of carbonyl (C=O) groups excluding carboxylic acids is 2. The van der Waals surface area contributed by atoms with Crippen molar-refractivity contribution in [3.05, 3.63) is 84.0 Å². The molecule has 0 radical (unpaired) electrons. The predicted molar refractivity (Wildman–Crippen MR) is 115 cm³/mol. The zero-order valence-corrected chi connectivity index (χ0v) is 16.8. The highest BCUT2D eigenvalue weighted by atomic mass is 16.5. The number of hydrogen-bond acceptors (Lipinski definition) is 4. The molecule has 2 heterocycles. The quantitative estimate of drug-likeness (QED) is 0.443. The molecule has 1 aromatic heterocycles. The second-order valence-electron chi connectivity index (χ2n) is 7.21. The molecule has 0 aliphatic carbocycles. The first kappa shape index (κ1) is 19.6. The van der Waals surface area contributed by atoms with Gasteiger partial charge in [-0.2, -0.15) is 0 Å². The number of ether oxygens (including phenoxy) is 1. The molecule has 6 heteroatoms. The molecule has 152 valence electrons. The van der Waals surface area contributed by atoms with Crippen LogP contribution in [-0.4, -0.2) is 27.8 Å². The molecule has 1 aliphatic rings. The summed E-state index contributed by atoms with van der Waals surface area (Å²) in [4.78, 5) is 30.3. The Morgan fingerprint density at radius 1 is 1.13 bits per heavy atom. The van der Waals surface area contributed by atoms with Gasteiger partial charge in [-0.3, -0.25) is 9.59 Å². The molecule has 0 saturated carbocycles. The fraction of sp³-hybridized carbons (Fsp3) is 0.208. The van der Waals surface area contributed by atoms with E-state index in [4.69, 9.17) is 4.74 Å². The van der Waals surface area contributed by atoms with Crippen molar-refractivity contribution >= 4 is 23.5 Å². The molecule has 0 spiro atoms. The third-order valence-corrected chi connectivity index (χ3v) is 5.13. The monoisotopic (exact) mass is 401 g/mol. The highest BCUT2D eigenvalue weighted by Crippen LogP contribution is 2.22. The minimum Gasteiger partial charge on any atom is -0.486 e. The van der Waals surface area contributed by atoms with Gasteiger partial charge in [-0.05, 0) is 54.5 Å². The first-order valence-corrected chi connectivity index (χ1v) is 9.92. The number of nitrogens with zero attached hydrogens (tertiary/aromatic N) is 3. The van der Waals surface area contributed by atoms with Gasteiger partial charge in [0.15, 0.2) is 5.78 Å². The summed E-state index contributed by atoms with van der Waals surface area (Å²) in [6.07, 6.45) is 8.43. The van der Waals surface area contributed by atoms with E-state index >= 15 is 0 Å². The number of anilines is 1. The molecule has 30 heavy (non-hydrogen) atoms. The van der Waals surface area contributed by atoms with Crippen LogP contribution in [0.1, 0.15) is 34.6 Å². The van der Waals surface area contributed by atoms with Gasteiger partial charge < -0.3 is 14.2 Å². The van der Waals surface area contributed by atoms with E-state index in [2.05, 4.69) is 4.98 Å². The zero-order chi connectivity index (χ0) is 20.9. The molecule has 0 atom stereocenters. The van der Waals surface area contributed by atoms with Crippen molar-refractivity contribution in [1.29, 1.82) is 0 Å². The first-order chi connectivity index (χ1) is 14.6. The van der Waals surface area contributed by atoms with Gasteiger partial charge in [0.1, 0.15) is 18.2 Å². The van der Waals surface area contributed by atoms with E-state index in [1.54, 1.807) is 35.4 Å². The van der Waals surface area contributed by atoms with Crippen LogP contribution in [-0.2, 0) is 18.4 Å². The second-order valence-corrected chi connectivity index (χ2v) is 7.21. The van der Waals surface area contributed by atoms with E-state index in [1.165, 1.54) is 0 Å². The number of aromatic nitrogens is 2. The third kappa shape index (κ3) is 4.49. The zero-order valence-electron chi connectivity index (χ0n) is 16.8. The topological polar surface area (TPSA) is 64.4 Å². The van der Waals surface area contributed by atoms with E-state index in [1.807, 2.05) is 54.2 Å². The summed E-state index contributed by atoms with van der Waals surface area (Å²) in [5, 5.41) is 0. The second kappa shape index (κ2) is 8.78. The van der Waals surface area contributed by atoms with Crippen molar-refractivity contribution in [3.8, 4) is 5.75 Å². The molecule has 1 saturated heterocycles. The van der Waals surface area contributed by atoms with Crippen LogP contribution in [0.5, 0.6) is 5.75 Å². The van der Waals surface area contributed by atoms with E-state index in [0.717, 1.165) is 35.8 Å². The third-order valence-electron chi connectivity index (χ3n) is 5.13. The molecule has 1 amide bonds. The lowest BCUT2D eigenvalue weighted by molar-refractivity contribution is -0.117. The maximum Gasteiger partial charge on any atom is 0.227 e. The van der Waals surface area contributed by atoms with Crippen molar-refractivity contribution in [3.63, 3.8) is 0 Å². The van der Waals surface area contributed by atoms with Crippen LogP contribution in [0.15, 0.2) is 67.0 Å². The normalized spacial score (nSPS) is 13.9. The van der Waals surface area contributed by atoms with Crippen LogP contribution in [0, 0.1) is 0 Å². The van der Waals surface area contributed by atoms with Crippen LogP contribution in [0.25, 0.3) is 6.08 Å². The van der Waals surface area contributed by atoms with E-state index < -0.39 is 0 Å². The molecule has 0 N–H and O–H groups in total. The number of hydrogen-bond donors (Lipinski definition) is 0. The molecular formula is C24H23N3O3. The number of carbonyl (C=O) groups is 2. The van der Waals surface area contributed by atoms with Gasteiger partial charge >= 0.3 is 0 Å². The standard InChI is InChI=1S/C24H23N3O3/c1-26-16-14-25-23(26)17-30-21-11-4-18(5-12-21)6-13-22(28)19-7-9-20(10-8-19)27-15-2-3-24(27)29/h4-14,16H,2-3,15,17H2,1H3/b13-6+. The largest absolute Gasteiger partial charge is 0.486 e. The van der Waals surface area contributed by atoms with E-state index in [9.17, 15) is 9.59 Å². The Balaban J connectivity index is 1.34. The SMILES string of the molecule is Cn1ccnc1COc1ccc(/C=C/C(=O)c2ccc(N3CCCC3=O)cc2)cc1. The molecule has 0 unspecified atom stereocenters. The summed E-state index contributed by atoms with van der Waals surface area (Å²) < 4.78 is 7.65. The Kier molecular flexibility index (Phi) is 5.75. The number of rotatable bonds is 7. The maximum absolute atomic E-state index is 12.4. The fourth-order valence-electron chi connectivity index (χ4n) is 3.35. The van der Waals surface area contributed by atoms with Gasteiger partial charge in [0.2, 0.25) is 5.91 Å². The molecule has 6 nitrogen and oxygen atoms in total. The molecule has 0 bridgehead atoms. The van der Waals surface area contributed by atoms with Crippen molar-refractivity contribution < 1.29 is 14.3 Å². The number of aryl methyl sites for hydroxylation is 1. The lowest BCUT2D eigenvalue weighted by Gasteiger charge is -2.15. The molecule has 2 aromatic carbocycles. The minimum atomic E-state index is -0.0793. The number of allylic oxidation sites excluding steroid dienone is 1. The summed E-state index contributed by atoms with van der Waals surface area (Å²) in [5.41, 5.74) is 2.35. The van der Waals surface area contributed by atoms with Crippen molar-refractivity contribution in [2.75, 3.05) is 11.4 Å². The summed E-state index contributed by atoms with van der Waals surface area (Å²) in [5.74, 6) is 1.66. The minimum absolute atomic E-state index is 0.0793. The number of benzene rings is 2. The lowest BCUT2D eigenvalue weighted by atomic mass is 10.1. The molecule has 1 fully saturated rings. The number of amides is 1. The summed E-state index contributed by atoms with van der Waals surface area (Å²) >= 11 is 0. The van der Waals surface area contributed by atoms with Crippen LogP contribution in [0.2, 0.25) is 0 Å². The van der Waals surface area contributed by atoms with Crippen molar-refractivity contribution in [1.82, 2.24) is 9.55 Å². The highest BCUT2D eigenvalue weighted by molar-refractivity contribution is 6.07. The van der Waals surface area contributed by atoms with Crippen LogP contribution in [0.3, 0.4) is 0 Å². The van der Waals surface area contributed by atoms with Gasteiger partial charge in [-0.25, -0.2) is 4.98 Å². The van der Waals surface area contributed by atoms with Gasteiger partial charge in [-0.15, -0.1) is 0 Å². The van der Waals surface area contributed by atoms with Crippen molar-refractivity contribution in [2.45, 2.75) is 19.4 Å². The Morgan fingerprint density at radius 3 is 2.53 bits per heavy atom. The van der Waals surface area contributed by atoms with Crippen LogP contribution in [0.4, 0.5) is 5.69 Å². The van der Waals surface area contributed by atoms with Gasteiger partial charge in [0.25, 0.3) is 0 Å². The Labute approximate surface area is 175 Å². The molecular weight excluding hydrogens is 378 g/mol. The van der Waals surface area contributed by atoms with Crippen molar-refractivity contribution in [2.24, 2.45) is 7.05 Å². The van der Waals surface area contributed by atoms with Gasteiger partial charge in [0, 0.05) is 43.7 Å². The average molecular weight is 401 g/mol. The van der Waals surface area contributed by atoms with Gasteiger partial charge in [0.05, 0.1) is 0 Å². The average Bonchev–Trinajstić information content (AvgIpc) is 3.39. The highest BCUT2D eigenvalue weighted by Gasteiger charge is 2.21. The van der Waals surface area contributed by atoms with Gasteiger partial charge in [-0.1, -0.05) is 18.2 Å². The number of ketones is 1. The summed E-state index contributed by atoms with van der Waals surface area (Å²) in [6, 6.07) is 14.7. The van der Waals surface area contributed by atoms with E-state index in [-0.39, 0.29) is 11.7 Å². The predicted octanol–water partition coefficient (Wildman–Crippen LogP) is 4.02. The Morgan fingerprint density at radius 2 is 1.90 bits per heavy atom. The maximum atomic E-state index is 12.4. The molecule has 1 aliphatic heterocycles. The Hall–Kier alpha value is -3.67. The number of imidazole rings is 1. The first-order valence-electron chi connectivity index (χ1n) is 9.92. The smallest absolute Gasteiger partial charge is 0.227 e. The fourth-order valence-corrected chi connectivity index (χ4v) is 3.35. The summed E-state index contributed by atoms with van der Waals surface area (Å²) in [7, 11) is 1.93. The van der Waals surface area contributed by atoms with E-state index in [0.29, 0.717) is 18.6 Å². The Bertz CT molecular complexity index is 1070. The lowest BCUT2D eigenvalue weighted by Crippen LogP contribution is -2.23. The van der Waals surface area contributed by atoms with Crippen LogP contribution >= 0.6 is 0 Å². The molecule has 4 rings (SSSR count).